The predicted molar refractivity (Wildman–Crippen MR) is 79.1 cm³/mol. The lowest BCUT2D eigenvalue weighted by Gasteiger charge is -2.20. The second kappa shape index (κ2) is 5.33. The minimum absolute atomic E-state index is 0.101. The van der Waals surface area contributed by atoms with Crippen LogP contribution < -0.4 is 10.6 Å². The van der Waals surface area contributed by atoms with Gasteiger partial charge in [0.2, 0.25) is 0 Å². The third kappa shape index (κ3) is 2.66. The number of carbonyl (C=O) groups is 1. The molecule has 19 heavy (non-hydrogen) atoms. The summed E-state index contributed by atoms with van der Waals surface area (Å²) in [5.41, 5.74) is 3.38. The van der Waals surface area contributed by atoms with E-state index in [2.05, 4.69) is 16.7 Å². The zero-order valence-electron chi connectivity index (χ0n) is 10.2. The van der Waals surface area contributed by atoms with Gasteiger partial charge in [0.05, 0.1) is 9.21 Å². The number of carbonyl (C=O) groups excluding carboxylic acids is 1. The van der Waals surface area contributed by atoms with Crippen LogP contribution in [0.4, 0.5) is 5.69 Å². The normalized spacial score (nSPS) is 13.9. The Bertz CT molecular complexity index is 624. The highest BCUT2D eigenvalue weighted by atomic mass is 35.5. The quantitative estimate of drug-likeness (QED) is 0.892. The van der Waals surface area contributed by atoms with Crippen LogP contribution in [0.5, 0.6) is 0 Å². The van der Waals surface area contributed by atoms with Crippen LogP contribution in [0.3, 0.4) is 0 Å². The number of benzene rings is 1. The predicted octanol–water partition coefficient (Wildman–Crippen LogP) is 3.30. The van der Waals surface area contributed by atoms with Gasteiger partial charge in [0.1, 0.15) is 0 Å². The van der Waals surface area contributed by atoms with Crippen LogP contribution in [0.2, 0.25) is 4.34 Å². The van der Waals surface area contributed by atoms with Gasteiger partial charge in [-0.3, -0.25) is 4.79 Å². The Kier molecular flexibility index (Phi) is 3.55. The lowest BCUT2D eigenvalue weighted by atomic mass is 9.99. The maximum Gasteiger partial charge on any atom is 0.265 e. The van der Waals surface area contributed by atoms with E-state index < -0.39 is 0 Å². The summed E-state index contributed by atoms with van der Waals surface area (Å²) in [5, 5.41) is 6.30. The van der Waals surface area contributed by atoms with Crippen LogP contribution in [0.15, 0.2) is 30.3 Å². The van der Waals surface area contributed by atoms with Gasteiger partial charge >= 0.3 is 0 Å². The van der Waals surface area contributed by atoms with E-state index in [1.54, 1.807) is 12.1 Å². The number of hydrogen-bond acceptors (Lipinski definition) is 3. The van der Waals surface area contributed by atoms with Crippen LogP contribution in [0.1, 0.15) is 20.8 Å². The van der Waals surface area contributed by atoms with Crippen molar-refractivity contribution in [3.8, 4) is 0 Å². The van der Waals surface area contributed by atoms with Crippen molar-refractivity contribution in [2.24, 2.45) is 0 Å². The Hall–Kier alpha value is -1.36. The van der Waals surface area contributed by atoms with E-state index in [1.165, 1.54) is 22.5 Å². The summed E-state index contributed by atoms with van der Waals surface area (Å²) in [7, 11) is 0. The fraction of sp³-hybridized carbons (Fsp3) is 0.214. The summed E-state index contributed by atoms with van der Waals surface area (Å²) in [5.74, 6) is -0.101. The fourth-order valence-corrected chi connectivity index (χ4v) is 3.19. The Morgan fingerprint density at radius 1 is 1.32 bits per heavy atom. The van der Waals surface area contributed by atoms with Crippen molar-refractivity contribution in [1.29, 1.82) is 0 Å². The average molecular weight is 293 g/mol. The van der Waals surface area contributed by atoms with Crippen LogP contribution in [0.25, 0.3) is 0 Å². The molecule has 3 rings (SSSR count). The van der Waals surface area contributed by atoms with Gasteiger partial charge in [-0.25, -0.2) is 0 Å². The number of amides is 1. The van der Waals surface area contributed by atoms with E-state index in [-0.39, 0.29) is 5.91 Å². The first kappa shape index (κ1) is 12.7. The Labute approximate surface area is 120 Å². The monoisotopic (exact) mass is 292 g/mol. The number of rotatable bonds is 2. The molecule has 2 N–H and O–H groups in total. The summed E-state index contributed by atoms with van der Waals surface area (Å²) in [6.45, 7) is 1.79. The Morgan fingerprint density at radius 3 is 3.00 bits per heavy atom. The van der Waals surface area contributed by atoms with Gasteiger partial charge in [-0.2, -0.15) is 0 Å². The van der Waals surface area contributed by atoms with Crippen molar-refractivity contribution in [3.63, 3.8) is 0 Å². The van der Waals surface area contributed by atoms with E-state index in [0.29, 0.717) is 9.21 Å². The van der Waals surface area contributed by atoms with Gasteiger partial charge in [-0.05, 0) is 42.3 Å². The average Bonchev–Trinajstić information content (AvgIpc) is 2.86. The Balaban J connectivity index is 1.85. The molecule has 1 aromatic carbocycles. The third-order valence-corrected chi connectivity index (χ3v) is 4.42. The smallest absolute Gasteiger partial charge is 0.265 e. The number of halogens is 1. The summed E-state index contributed by atoms with van der Waals surface area (Å²) >= 11 is 7.14. The minimum atomic E-state index is -0.101. The molecule has 0 fully saturated rings. The summed E-state index contributed by atoms with van der Waals surface area (Å²) in [4.78, 5) is 12.8. The second-order valence-electron chi connectivity index (χ2n) is 4.43. The highest BCUT2D eigenvalue weighted by Crippen LogP contribution is 2.26. The molecule has 1 aliphatic rings. The fourth-order valence-electron chi connectivity index (χ4n) is 2.25. The molecule has 1 aromatic heterocycles. The zero-order chi connectivity index (χ0) is 13.2. The molecule has 0 unspecified atom stereocenters. The molecular formula is C14H13ClN2OS. The molecule has 0 radical (unpaired) electrons. The van der Waals surface area contributed by atoms with E-state index >= 15 is 0 Å². The number of hydrogen-bond donors (Lipinski definition) is 2. The van der Waals surface area contributed by atoms with Crippen LogP contribution >= 0.6 is 22.9 Å². The molecule has 2 aromatic rings. The first-order valence-corrected chi connectivity index (χ1v) is 7.31. The summed E-state index contributed by atoms with van der Waals surface area (Å²) in [6.07, 6.45) is 1.00. The lowest BCUT2D eigenvalue weighted by Crippen LogP contribution is -2.25. The molecular weight excluding hydrogens is 280 g/mol. The molecule has 0 aliphatic carbocycles. The molecule has 98 valence electrons. The molecule has 0 saturated heterocycles. The van der Waals surface area contributed by atoms with Crippen molar-refractivity contribution in [2.45, 2.75) is 13.0 Å². The topological polar surface area (TPSA) is 41.1 Å². The largest absolute Gasteiger partial charge is 0.321 e. The maximum absolute atomic E-state index is 12.1. The first-order chi connectivity index (χ1) is 9.24. The zero-order valence-corrected chi connectivity index (χ0v) is 11.8. The molecule has 0 spiro atoms. The second-order valence-corrected chi connectivity index (χ2v) is 6.14. The minimum Gasteiger partial charge on any atom is -0.321 e. The Morgan fingerprint density at radius 2 is 2.21 bits per heavy atom. The molecule has 0 atom stereocenters. The first-order valence-electron chi connectivity index (χ1n) is 6.12. The van der Waals surface area contributed by atoms with Gasteiger partial charge in [0.25, 0.3) is 5.91 Å². The van der Waals surface area contributed by atoms with Crippen LogP contribution in [0, 0.1) is 0 Å². The lowest BCUT2D eigenvalue weighted by molar-refractivity contribution is 0.103. The standard InChI is InChI=1S/C14H13ClN2OS/c15-13-5-4-12(19-13)14(18)17-11-3-1-2-9-6-7-16-8-10(9)11/h1-5,16H,6-8H2,(H,17,18). The van der Waals surface area contributed by atoms with Crippen LogP contribution in [-0.4, -0.2) is 12.5 Å². The van der Waals surface area contributed by atoms with Crippen molar-refractivity contribution in [3.05, 3.63) is 50.7 Å². The van der Waals surface area contributed by atoms with E-state index in [4.69, 9.17) is 11.6 Å². The molecule has 5 heteroatoms. The van der Waals surface area contributed by atoms with Gasteiger partial charge in [0.15, 0.2) is 0 Å². The van der Waals surface area contributed by atoms with E-state index in [1.807, 2.05) is 12.1 Å². The molecule has 3 nitrogen and oxygen atoms in total. The SMILES string of the molecule is O=C(Nc1cccc2c1CNCC2)c1ccc(Cl)s1. The van der Waals surface area contributed by atoms with Gasteiger partial charge in [-0.1, -0.05) is 23.7 Å². The third-order valence-electron chi connectivity index (χ3n) is 3.19. The maximum atomic E-state index is 12.1. The molecule has 0 bridgehead atoms. The number of anilines is 1. The van der Waals surface area contributed by atoms with Crippen molar-refractivity contribution >= 4 is 34.5 Å². The van der Waals surface area contributed by atoms with Gasteiger partial charge < -0.3 is 10.6 Å². The molecule has 1 amide bonds. The van der Waals surface area contributed by atoms with Crippen molar-refractivity contribution in [1.82, 2.24) is 5.32 Å². The van der Waals surface area contributed by atoms with E-state index in [9.17, 15) is 4.79 Å². The highest BCUT2D eigenvalue weighted by molar-refractivity contribution is 7.18. The molecule has 2 heterocycles. The van der Waals surface area contributed by atoms with Crippen molar-refractivity contribution in [2.75, 3.05) is 11.9 Å². The van der Waals surface area contributed by atoms with E-state index in [0.717, 1.165) is 25.2 Å². The van der Waals surface area contributed by atoms with Gasteiger partial charge in [-0.15, -0.1) is 11.3 Å². The highest BCUT2D eigenvalue weighted by Gasteiger charge is 2.15. The van der Waals surface area contributed by atoms with Gasteiger partial charge in [0, 0.05) is 12.2 Å². The number of fused-ring (bicyclic) bond motifs is 1. The molecule has 1 aliphatic heterocycles. The summed E-state index contributed by atoms with van der Waals surface area (Å²) < 4.78 is 0.627. The van der Waals surface area contributed by atoms with Crippen LogP contribution in [-0.2, 0) is 13.0 Å². The van der Waals surface area contributed by atoms with Crippen molar-refractivity contribution < 1.29 is 4.79 Å². The number of nitrogens with one attached hydrogen (secondary N) is 2. The number of thiophene rings is 1. The summed E-state index contributed by atoms with van der Waals surface area (Å²) in [6, 6.07) is 9.53. The molecule has 0 saturated carbocycles.